The molecule has 4 saturated carbocycles. The summed E-state index contributed by atoms with van der Waals surface area (Å²) in [4.78, 5) is 0. The Morgan fingerprint density at radius 1 is 0.320 bits per heavy atom. The molecule has 0 bridgehead atoms. The molecule has 4 N–H and O–H groups in total. The van der Waals surface area contributed by atoms with Gasteiger partial charge in [0.05, 0.1) is 0 Å². The van der Waals surface area contributed by atoms with Gasteiger partial charge in [-0.1, -0.05) is 103 Å². The summed E-state index contributed by atoms with van der Waals surface area (Å²) in [5.74, 6) is 0. The van der Waals surface area contributed by atoms with Crippen molar-refractivity contribution in [2.24, 2.45) is 0 Å². The van der Waals surface area contributed by atoms with Crippen LogP contribution in [-0.4, -0.2) is 24.2 Å². The Morgan fingerprint density at radius 3 is 0.480 bits per heavy atom. The van der Waals surface area contributed by atoms with E-state index in [1.54, 1.807) is 0 Å². The molecule has 144 valence electrons. The van der Waals surface area contributed by atoms with E-state index in [0.29, 0.717) is 24.2 Å². The molecule has 0 aromatic heterocycles. The SMILES string of the molecule is [NH-]C1CCCC1.[NH-]C1CCCC1.[NH-]C1CCCC1.[NH-]C1CCCC1.[Ti+4]. The van der Waals surface area contributed by atoms with Crippen molar-refractivity contribution < 1.29 is 21.7 Å². The second-order valence-corrected chi connectivity index (χ2v) is 7.93. The van der Waals surface area contributed by atoms with Crippen molar-refractivity contribution in [2.75, 3.05) is 0 Å². The fourth-order valence-electron chi connectivity index (χ4n) is 3.70. The van der Waals surface area contributed by atoms with E-state index in [0.717, 1.165) is 51.4 Å². The first-order valence-corrected chi connectivity index (χ1v) is 10.4. The molecule has 25 heavy (non-hydrogen) atoms. The van der Waals surface area contributed by atoms with Crippen molar-refractivity contribution in [3.63, 3.8) is 0 Å². The van der Waals surface area contributed by atoms with E-state index in [1.807, 2.05) is 0 Å². The van der Waals surface area contributed by atoms with Crippen LogP contribution in [0.1, 0.15) is 103 Å². The predicted octanol–water partition coefficient (Wildman–Crippen LogP) is 7.92. The normalized spacial score (nSPS) is 24.5. The van der Waals surface area contributed by atoms with Crippen molar-refractivity contribution in [2.45, 2.75) is 127 Å². The fraction of sp³-hybridized carbons (Fsp3) is 1.00. The van der Waals surface area contributed by atoms with Crippen LogP contribution in [0, 0.1) is 0 Å². The van der Waals surface area contributed by atoms with Gasteiger partial charge >= 0.3 is 21.7 Å². The van der Waals surface area contributed by atoms with Gasteiger partial charge in [0.25, 0.3) is 0 Å². The van der Waals surface area contributed by atoms with Crippen molar-refractivity contribution >= 4 is 0 Å². The van der Waals surface area contributed by atoms with Gasteiger partial charge in [-0.05, 0) is 0 Å². The second kappa shape index (κ2) is 16.7. The molecule has 0 amide bonds. The Labute approximate surface area is 171 Å². The van der Waals surface area contributed by atoms with Gasteiger partial charge in [0.1, 0.15) is 0 Å². The van der Waals surface area contributed by atoms with Crippen LogP contribution in [0.15, 0.2) is 0 Å². The van der Waals surface area contributed by atoms with Crippen LogP contribution in [0.2, 0.25) is 0 Å². The Hall–Kier alpha value is 0.554. The standard InChI is InChI=1S/4C5H10N.Ti/c4*6-5-3-1-2-4-5;/h4*5-6H,1-4H2;/q4*-1;+4. The zero-order chi connectivity index (χ0) is 17.6. The van der Waals surface area contributed by atoms with Gasteiger partial charge in [0.15, 0.2) is 0 Å². The van der Waals surface area contributed by atoms with Crippen molar-refractivity contribution in [3.8, 4) is 0 Å². The summed E-state index contributed by atoms with van der Waals surface area (Å²) in [5.41, 5.74) is 28.5. The third-order valence-corrected chi connectivity index (χ3v) is 5.42. The predicted molar refractivity (Wildman–Crippen MR) is 106 cm³/mol. The zero-order valence-electron chi connectivity index (χ0n) is 16.1. The molecule has 4 fully saturated rings. The van der Waals surface area contributed by atoms with E-state index in [1.165, 1.54) is 51.4 Å². The monoisotopic (exact) mass is 384 g/mol. The van der Waals surface area contributed by atoms with Crippen LogP contribution in [0.5, 0.6) is 0 Å². The number of hydrogen-bond acceptors (Lipinski definition) is 0. The molecule has 0 atom stereocenters. The summed E-state index contributed by atoms with van der Waals surface area (Å²) in [7, 11) is 0. The Kier molecular flexibility index (Phi) is 17.1. The van der Waals surface area contributed by atoms with Crippen LogP contribution in [0.25, 0.3) is 22.9 Å². The summed E-state index contributed by atoms with van der Waals surface area (Å²) < 4.78 is 0. The summed E-state index contributed by atoms with van der Waals surface area (Å²) in [6.07, 6.45) is 19.6. The topological polar surface area (TPSA) is 95.2 Å². The molecule has 0 heterocycles. The van der Waals surface area contributed by atoms with Crippen LogP contribution >= 0.6 is 0 Å². The molecular weight excluding hydrogens is 344 g/mol. The average Bonchev–Trinajstić information content (AvgIpc) is 3.31. The van der Waals surface area contributed by atoms with E-state index in [-0.39, 0.29) is 21.7 Å². The summed E-state index contributed by atoms with van der Waals surface area (Å²) in [5, 5.41) is 0. The van der Waals surface area contributed by atoms with Gasteiger partial charge in [-0.2, -0.15) is 0 Å². The molecule has 4 aliphatic rings. The largest absolute Gasteiger partial charge is 4.00 e. The molecule has 0 spiro atoms. The first-order chi connectivity index (χ1) is 11.6. The molecule has 4 nitrogen and oxygen atoms in total. The van der Waals surface area contributed by atoms with Gasteiger partial charge in [-0.15, -0.1) is 24.2 Å². The summed E-state index contributed by atoms with van der Waals surface area (Å²) >= 11 is 0. The van der Waals surface area contributed by atoms with Crippen molar-refractivity contribution in [3.05, 3.63) is 22.9 Å². The summed E-state index contributed by atoms with van der Waals surface area (Å²) in [6.45, 7) is 0. The average molecular weight is 384 g/mol. The number of nitrogens with one attached hydrogen (secondary N) is 4. The molecule has 4 rings (SSSR count). The molecular formula is C20H40N4Ti. The quantitative estimate of drug-likeness (QED) is 0.379. The van der Waals surface area contributed by atoms with Gasteiger partial charge in [-0.25, -0.2) is 0 Å². The first-order valence-electron chi connectivity index (χ1n) is 10.4. The minimum atomic E-state index is 0. The second-order valence-electron chi connectivity index (χ2n) is 7.93. The molecule has 0 aromatic rings. The minimum Gasteiger partial charge on any atom is -0.675 e. The molecule has 4 aliphatic carbocycles. The van der Waals surface area contributed by atoms with E-state index < -0.39 is 0 Å². The van der Waals surface area contributed by atoms with E-state index >= 15 is 0 Å². The molecule has 0 radical (unpaired) electrons. The van der Waals surface area contributed by atoms with Gasteiger partial charge < -0.3 is 22.9 Å². The number of hydrogen-bond donors (Lipinski definition) is 0. The van der Waals surface area contributed by atoms with Crippen LogP contribution < -0.4 is 0 Å². The maximum atomic E-state index is 7.13. The van der Waals surface area contributed by atoms with E-state index in [2.05, 4.69) is 0 Å². The maximum absolute atomic E-state index is 7.13. The first kappa shape index (κ1) is 25.6. The molecule has 0 aliphatic heterocycles. The van der Waals surface area contributed by atoms with Gasteiger partial charge in [-0.3, -0.25) is 0 Å². The van der Waals surface area contributed by atoms with E-state index in [9.17, 15) is 0 Å². The smallest absolute Gasteiger partial charge is 0.675 e. The van der Waals surface area contributed by atoms with Crippen LogP contribution in [-0.2, 0) is 21.7 Å². The third-order valence-electron chi connectivity index (χ3n) is 5.42. The molecule has 0 saturated heterocycles. The van der Waals surface area contributed by atoms with E-state index in [4.69, 9.17) is 22.9 Å². The third kappa shape index (κ3) is 15.3. The fourth-order valence-corrected chi connectivity index (χ4v) is 3.70. The van der Waals surface area contributed by atoms with Gasteiger partial charge in [0, 0.05) is 0 Å². The molecule has 5 heteroatoms. The number of rotatable bonds is 0. The molecule has 0 unspecified atom stereocenters. The maximum Gasteiger partial charge on any atom is 4.00 e. The Morgan fingerprint density at radius 2 is 0.440 bits per heavy atom. The van der Waals surface area contributed by atoms with Gasteiger partial charge in [0.2, 0.25) is 0 Å². The van der Waals surface area contributed by atoms with Crippen LogP contribution in [0.3, 0.4) is 0 Å². The Balaban J connectivity index is 0.000000303. The van der Waals surface area contributed by atoms with Crippen LogP contribution in [0.4, 0.5) is 0 Å². The zero-order valence-corrected chi connectivity index (χ0v) is 17.7. The molecule has 0 aromatic carbocycles. The summed E-state index contributed by atoms with van der Waals surface area (Å²) in [6, 6.07) is 1.19. The minimum absolute atomic E-state index is 0. The van der Waals surface area contributed by atoms with Crippen molar-refractivity contribution in [1.29, 1.82) is 0 Å². The van der Waals surface area contributed by atoms with Crippen molar-refractivity contribution in [1.82, 2.24) is 0 Å². The Bertz CT molecular complexity index is 211.